The molecule has 0 spiro atoms. The molecule has 0 fully saturated rings. The van der Waals surface area contributed by atoms with E-state index in [-0.39, 0.29) is 5.56 Å². The minimum Gasteiger partial charge on any atom is -0.268 e. The average Bonchev–Trinajstić information content (AvgIpc) is 2.83. The molecule has 0 saturated heterocycles. The Hall–Kier alpha value is -2.69. The third-order valence-corrected chi connectivity index (χ3v) is 2.58. The fraction of sp³-hybridized carbons (Fsp3) is 0. The molecule has 5 heteroatoms. The summed E-state index contributed by atoms with van der Waals surface area (Å²) in [5.41, 5.74) is 2.05. The Balaban J connectivity index is 2.21. The molecule has 5 nitrogen and oxygen atoms in total. The van der Waals surface area contributed by atoms with Crippen LogP contribution in [0.4, 0.5) is 0 Å². The molecule has 0 aliphatic rings. The van der Waals surface area contributed by atoms with E-state index < -0.39 is 0 Å². The Morgan fingerprint density at radius 3 is 2.61 bits per heavy atom. The Morgan fingerprint density at radius 1 is 1.06 bits per heavy atom. The van der Waals surface area contributed by atoms with Crippen LogP contribution in [0.25, 0.3) is 17.1 Å². The van der Waals surface area contributed by atoms with Gasteiger partial charge < -0.3 is 0 Å². The topological polar surface area (TPSA) is 63.6 Å². The molecule has 3 rings (SSSR count). The van der Waals surface area contributed by atoms with Crippen molar-refractivity contribution in [3.8, 4) is 17.1 Å². The first kappa shape index (κ1) is 10.5. The smallest absolute Gasteiger partial charge is 0.265 e. The molecule has 0 unspecified atom stereocenters. The van der Waals surface area contributed by atoms with Crippen LogP contribution in [0, 0.1) is 0 Å². The molecular formula is C13H10N4O. The van der Waals surface area contributed by atoms with E-state index in [1.165, 1.54) is 6.07 Å². The van der Waals surface area contributed by atoms with E-state index >= 15 is 0 Å². The zero-order chi connectivity index (χ0) is 12.4. The molecule has 2 heterocycles. The van der Waals surface area contributed by atoms with Crippen LogP contribution in [-0.2, 0) is 0 Å². The standard InChI is InChI=1S/C13H10N4O/c18-13-9-12(11-7-4-8-14-15-11)17(16-13)10-5-2-1-3-6-10/h1-9H,(H,16,18). The Morgan fingerprint density at radius 2 is 1.89 bits per heavy atom. The summed E-state index contributed by atoms with van der Waals surface area (Å²) in [7, 11) is 0. The zero-order valence-electron chi connectivity index (χ0n) is 9.45. The van der Waals surface area contributed by atoms with Crippen LogP contribution in [0.2, 0.25) is 0 Å². The molecule has 0 aliphatic heterocycles. The highest BCUT2D eigenvalue weighted by Gasteiger charge is 2.09. The number of hydrogen-bond donors (Lipinski definition) is 1. The number of nitrogens with zero attached hydrogens (tertiary/aromatic N) is 3. The lowest BCUT2D eigenvalue weighted by Gasteiger charge is -2.06. The van der Waals surface area contributed by atoms with Gasteiger partial charge in [-0.2, -0.15) is 5.10 Å². The van der Waals surface area contributed by atoms with Crippen molar-refractivity contribution in [2.24, 2.45) is 0 Å². The highest BCUT2D eigenvalue weighted by atomic mass is 16.1. The van der Waals surface area contributed by atoms with Gasteiger partial charge in [0.05, 0.1) is 11.4 Å². The van der Waals surface area contributed by atoms with E-state index in [2.05, 4.69) is 15.3 Å². The van der Waals surface area contributed by atoms with Crippen LogP contribution in [-0.4, -0.2) is 20.0 Å². The Labute approximate surface area is 103 Å². The van der Waals surface area contributed by atoms with Gasteiger partial charge >= 0.3 is 0 Å². The Kier molecular flexibility index (Phi) is 2.49. The summed E-state index contributed by atoms with van der Waals surface area (Å²) in [6, 6.07) is 14.7. The fourth-order valence-electron chi connectivity index (χ4n) is 1.80. The minimum absolute atomic E-state index is 0.167. The first-order chi connectivity index (χ1) is 8.84. The molecule has 1 aromatic carbocycles. The highest BCUT2D eigenvalue weighted by Crippen LogP contribution is 2.17. The maximum Gasteiger partial charge on any atom is 0.265 e. The third-order valence-electron chi connectivity index (χ3n) is 2.58. The number of rotatable bonds is 2. The number of aromatic amines is 1. The first-order valence-electron chi connectivity index (χ1n) is 5.50. The average molecular weight is 238 g/mol. The van der Waals surface area contributed by atoms with Gasteiger partial charge in [0.2, 0.25) is 0 Å². The minimum atomic E-state index is -0.167. The lowest BCUT2D eigenvalue weighted by Crippen LogP contribution is -2.04. The van der Waals surface area contributed by atoms with Crippen molar-refractivity contribution in [2.45, 2.75) is 0 Å². The summed E-state index contributed by atoms with van der Waals surface area (Å²) < 4.78 is 1.70. The van der Waals surface area contributed by atoms with Crippen molar-refractivity contribution >= 4 is 0 Å². The number of nitrogens with one attached hydrogen (secondary N) is 1. The molecule has 0 bridgehead atoms. The van der Waals surface area contributed by atoms with Crippen molar-refractivity contribution in [1.82, 2.24) is 20.0 Å². The molecule has 0 saturated carbocycles. The number of H-pyrrole nitrogens is 1. The van der Waals surface area contributed by atoms with Crippen LogP contribution >= 0.6 is 0 Å². The predicted octanol–water partition coefficient (Wildman–Crippen LogP) is 1.62. The van der Waals surface area contributed by atoms with Gasteiger partial charge in [-0.3, -0.25) is 14.6 Å². The van der Waals surface area contributed by atoms with Gasteiger partial charge in [-0.1, -0.05) is 18.2 Å². The van der Waals surface area contributed by atoms with E-state index in [1.807, 2.05) is 36.4 Å². The first-order valence-corrected chi connectivity index (χ1v) is 5.50. The molecular weight excluding hydrogens is 228 g/mol. The monoisotopic (exact) mass is 238 g/mol. The van der Waals surface area contributed by atoms with Crippen molar-refractivity contribution in [3.05, 3.63) is 65.1 Å². The van der Waals surface area contributed by atoms with Crippen LogP contribution in [0.3, 0.4) is 0 Å². The number of para-hydroxylation sites is 1. The summed E-state index contributed by atoms with van der Waals surface area (Å²) in [5, 5.41) is 10.6. The molecule has 1 N–H and O–H groups in total. The molecule has 0 radical (unpaired) electrons. The zero-order valence-corrected chi connectivity index (χ0v) is 9.45. The molecule has 3 aromatic rings. The second kappa shape index (κ2) is 4.29. The van der Waals surface area contributed by atoms with Gasteiger partial charge in [0.1, 0.15) is 5.69 Å². The van der Waals surface area contributed by atoms with Gasteiger partial charge in [0, 0.05) is 12.3 Å². The SMILES string of the molecule is O=c1cc(-c2cccnn2)n(-c2ccccc2)[nH]1. The molecule has 0 aliphatic carbocycles. The van der Waals surface area contributed by atoms with Gasteiger partial charge in [-0.05, 0) is 24.3 Å². The third kappa shape index (κ3) is 1.82. The van der Waals surface area contributed by atoms with Gasteiger partial charge in [-0.25, -0.2) is 0 Å². The van der Waals surface area contributed by atoms with Gasteiger partial charge in [-0.15, -0.1) is 5.10 Å². The molecule has 88 valence electrons. The van der Waals surface area contributed by atoms with Crippen molar-refractivity contribution in [1.29, 1.82) is 0 Å². The predicted molar refractivity (Wildman–Crippen MR) is 67.4 cm³/mol. The van der Waals surface area contributed by atoms with E-state index in [4.69, 9.17) is 0 Å². The summed E-state index contributed by atoms with van der Waals surface area (Å²) in [5.74, 6) is 0. The van der Waals surface area contributed by atoms with Gasteiger partial charge in [0.25, 0.3) is 5.56 Å². The number of hydrogen-bond acceptors (Lipinski definition) is 3. The summed E-state index contributed by atoms with van der Waals surface area (Å²) >= 11 is 0. The van der Waals surface area contributed by atoms with Crippen molar-refractivity contribution < 1.29 is 0 Å². The van der Waals surface area contributed by atoms with Crippen LogP contribution in [0.15, 0.2) is 59.5 Å². The molecule has 0 atom stereocenters. The summed E-state index contributed by atoms with van der Waals surface area (Å²) in [6.45, 7) is 0. The Bertz CT molecular complexity index is 641. The van der Waals surface area contributed by atoms with Crippen molar-refractivity contribution in [2.75, 3.05) is 0 Å². The van der Waals surface area contributed by atoms with E-state index in [1.54, 1.807) is 16.9 Å². The lowest BCUT2D eigenvalue weighted by atomic mass is 10.2. The normalized spacial score (nSPS) is 10.4. The maximum absolute atomic E-state index is 11.5. The quantitative estimate of drug-likeness (QED) is 0.738. The van der Waals surface area contributed by atoms with Crippen LogP contribution < -0.4 is 5.56 Å². The molecule has 2 aromatic heterocycles. The maximum atomic E-state index is 11.5. The fourth-order valence-corrected chi connectivity index (χ4v) is 1.80. The largest absolute Gasteiger partial charge is 0.268 e. The van der Waals surface area contributed by atoms with E-state index in [0.29, 0.717) is 11.4 Å². The molecule has 18 heavy (non-hydrogen) atoms. The number of benzene rings is 1. The second-order valence-electron chi connectivity index (χ2n) is 3.79. The van der Waals surface area contributed by atoms with Crippen LogP contribution in [0.5, 0.6) is 0 Å². The van der Waals surface area contributed by atoms with E-state index in [0.717, 1.165) is 5.69 Å². The lowest BCUT2D eigenvalue weighted by molar-refractivity contribution is 0.862. The summed E-state index contributed by atoms with van der Waals surface area (Å²) in [6.07, 6.45) is 1.60. The highest BCUT2D eigenvalue weighted by molar-refractivity contribution is 5.56. The van der Waals surface area contributed by atoms with Gasteiger partial charge in [0.15, 0.2) is 0 Å². The van der Waals surface area contributed by atoms with E-state index in [9.17, 15) is 4.79 Å². The second-order valence-corrected chi connectivity index (χ2v) is 3.79. The number of aromatic nitrogens is 4. The van der Waals surface area contributed by atoms with Crippen molar-refractivity contribution in [3.63, 3.8) is 0 Å². The van der Waals surface area contributed by atoms with Crippen LogP contribution in [0.1, 0.15) is 0 Å². The molecule has 0 amide bonds. The summed E-state index contributed by atoms with van der Waals surface area (Å²) in [4.78, 5) is 11.5.